The molecule has 1 aromatic carbocycles. The summed E-state index contributed by atoms with van der Waals surface area (Å²) < 4.78 is 5.35. The number of carbonyl (C=O) groups excluding carboxylic acids is 2. The zero-order valence-electron chi connectivity index (χ0n) is 25.6. The number of benzene rings is 1. The molecule has 0 atom stereocenters. The van der Waals surface area contributed by atoms with Gasteiger partial charge < -0.3 is 97.7 Å². The number of nitrogens with zero attached hydrogens (tertiary/aromatic N) is 9. The van der Waals surface area contributed by atoms with Crippen LogP contribution in [0.2, 0.25) is 10.0 Å². The van der Waals surface area contributed by atoms with Gasteiger partial charge in [0, 0.05) is 42.0 Å². The van der Waals surface area contributed by atoms with Crippen LogP contribution in [-0.2, 0) is 22.6 Å². The second kappa shape index (κ2) is 33.4. The molecule has 2 heterocycles. The Morgan fingerprint density at radius 1 is 0.824 bits per heavy atom. The summed E-state index contributed by atoms with van der Waals surface area (Å²) in [4.78, 5) is 67.2. The van der Waals surface area contributed by atoms with Gasteiger partial charge in [0.05, 0.1) is 25.4 Å². The van der Waals surface area contributed by atoms with Gasteiger partial charge in [-0.3, -0.25) is 4.79 Å². The Morgan fingerprint density at radius 3 is 1.61 bits per heavy atom. The van der Waals surface area contributed by atoms with Gasteiger partial charge in [-0.1, -0.05) is 23.2 Å². The second-order valence-corrected chi connectivity index (χ2v) is 8.85. The number of aromatic amines is 1. The summed E-state index contributed by atoms with van der Waals surface area (Å²) >= 11 is 11.9. The number of aryl methyl sites for hydroxylation is 1. The van der Waals surface area contributed by atoms with E-state index in [9.17, 15) is 9.59 Å². The van der Waals surface area contributed by atoms with Crippen molar-refractivity contribution in [3.8, 4) is 0 Å². The number of carbonyl (C=O) groups is 2. The molecule has 0 spiro atoms. The van der Waals surface area contributed by atoms with E-state index in [4.69, 9.17) is 105 Å². The molecule has 1 aliphatic heterocycles. The summed E-state index contributed by atoms with van der Waals surface area (Å²) in [6.45, 7) is 1.17. The number of H-pyrrole nitrogens is 1. The van der Waals surface area contributed by atoms with E-state index in [1.54, 1.807) is 23.1 Å². The van der Waals surface area contributed by atoms with Gasteiger partial charge in [-0.2, -0.15) is 0 Å². The molecule has 0 unspecified atom stereocenters. The maximum Gasteiger partial charge on any atom is 4.00 e. The van der Waals surface area contributed by atoms with Crippen LogP contribution in [0.25, 0.3) is 0 Å². The van der Waals surface area contributed by atoms with Crippen LogP contribution in [0.15, 0.2) is 18.2 Å². The zero-order chi connectivity index (χ0) is 38.5. The molecule has 2 aromatic rings. The number of hydrogen-bond donors (Lipinski definition) is 3. The number of nitrogens with one attached hydrogen (secondary N) is 2. The Kier molecular flexibility index (Phi) is 36.3. The molecule has 1 aromatic heterocycles. The van der Waals surface area contributed by atoms with Gasteiger partial charge in [0.25, 0.3) is 0 Å². The number of quaternary nitrogens is 1. The molecule has 2 amide bonds. The molecule has 0 bridgehead atoms. The fourth-order valence-electron chi connectivity index (χ4n) is 3.14. The monoisotopic (exact) mass is 908 g/mol. The Bertz CT molecular complexity index is 1220. The minimum atomic E-state index is -1.75. The molecule has 33 heteroatoms. The van der Waals surface area contributed by atoms with Gasteiger partial charge in [0.15, 0.2) is 0 Å². The van der Waals surface area contributed by atoms with Crippen LogP contribution in [0.1, 0.15) is 37.1 Å². The summed E-state index contributed by atoms with van der Waals surface area (Å²) in [6, 6.07) is 5.10. The fraction of sp³-hybridized carbons (Fsp3) is 0.500. The molecule has 0 radical (unpaired) electrons. The van der Waals surface area contributed by atoms with Gasteiger partial charge in [-0.15, -0.1) is 5.10 Å². The number of halogens is 2. The first-order valence-corrected chi connectivity index (χ1v) is 12.9. The van der Waals surface area contributed by atoms with Crippen LogP contribution < -0.4 is 11.5 Å². The predicted octanol–water partition coefficient (Wildman–Crippen LogP) is 1.93. The van der Waals surface area contributed by atoms with Crippen molar-refractivity contribution < 1.29 is 81.5 Å². The zero-order valence-corrected chi connectivity index (χ0v) is 30.2. The first kappa shape index (κ1) is 55.4. The van der Waals surface area contributed by atoms with Crippen molar-refractivity contribution in [2.75, 3.05) is 13.1 Å². The van der Waals surface area contributed by atoms with E-state index >= 15 is 0 Å². The fourth-order valence-corrected chi connectivity index (χ4v) is 3.71. The summed E-state index contributed by atoms with van der Waals surface area (Å²) in [5, 5.41) is 91.2. The molecule has 51 heavy (non-hydrogen) atoms. The largest absolute Gasteiger partial charge is 4.00 e. The van der Waals surface area contributed by atoms with Crippen molar-refractivity contribution in [2.24, 2.45) is 0 Å². The Labute approximate surface area is 326 Å². The third kappa shape index (κ3) is 44.9. The molecule has 0 saturated carbocycles. The van der Waals surface area contributed by atoms with Crippen LogP contribution in [0.3, 0.4) is 0 Å². The normalized spacial score (nSPS) is 10.7. The number of piperidine rings is 1. The second-order valence-electron chi connectivity index (χ2n) is 7.98. The van der Waals surface area contributed by atoms with E-state index in [0.29, 0.717) is 61.1 Å². The van der Waals surface area contributed by atoms with Gasteiger partial charge >= 0.3 is 47.8 Å². The number of tetrazole rings is 1. The predicted molar refractivity (Wildman–Crippen MR) is 164 cm³/mol. The van der Waals surface area contributed by atoms with E-state index in [0.717, 1.165) is 5.56 Å². The van der Waals surface area contributed by atoms with Crippen LogP contribution >= 0.6 is 23.2 Å². The minimum absolute atomic E-state index is 0. The molecule has 1 aliphatic rings. The molecule has 1 saturated heterocycles. The number of amides is 2. The molecule has 284 valence electrons. The van der Waals surface area contributed by atoms with Crippen LogP contribution in [-0.4, -0.2) is 82.1 Å². The molecular formula is C18H26CeCl2N12O18. The third-order valence-corrected chi connectivity index (χ3v) is 5.05. The van der Waals surface area contributed by atoms with Gasteiger partial charge in [0.2, 0.25) is 5.91 Å². The number of rotatable bonds is 7. The van der Waals surface area contributed by atoms with E-state index in [1.807, 2.05) is 0 Å². The quantitative estimate of drug-likeness (QED) is 0.264. The summed E-state index contributed by atoms with van der Waals surface area (Å²) in [7, 11) is 0. The van der Waals surface area contributed by atoms with Crippen molar-refractivity contribution in [1.82, 2.24) is 37.0 Å². The first-order chi connectivity index (χ1) is 22.7. The van der Waals surface area contributed by atoms with Gasteiger partial charge in [0.1, 0.15) is 12.4 Å². The van der Waals surface area contributed by atoms with E-state index in [-0.39, 0.29) is 72.5 Å². The molecule has 1 fully saturated rings. The summed E-state index contributed by atoms with van der Waals surface area (Å²) in [5.41, 5.74) is 0.735. The molecule has 0 aliphatic carbocycles. The van der Waals surface area contributed by atoms with Crippen molar-refractivity contribution in [3.63, 3.8) is 0 Å². The van der Waals surface area contributed by atoms with Crippen LogP contribution in [0.5, 0.6) is 0 Å². The van der Waals surface area contributed by atoms with Crippen LogP contribution in [0, 0.1) is 118 Å². The molecular weight excluding hydrogens is 883 g/mol. The Hall–Kier alpha value is -5.05. The van der Waals surface area contributed by atoms with E-state index in [2.05, 4.69) is 25.9 Å². The summed E-state index contributed by atoms with van der Waals surface area (Å²) in [5.74, 6) is 0.668. The number of likely N-dealkylation sites (tertiary alicyclic amines) is 1. The Morgan fingerprint density at radius 2 is 1.24 bits per heavy atom. The molecule has 3 rings (SSSR count). The standard InChI is InChI=1S/C18H22Cl2N6O3.Ce.5NO3.H3N/c19-13-8-12(9-14(20)10-13)11-29-18(28)26-6-4-15(5-7-26)21-17(27)3-1-2-16-22-24-25-23-16;;5*2-1(3)4;/h8-10,15H,1-7,11H2,(H,21,27)(H,22,23,24,25);;;;;;;1H3/q;+4;5*-1;/p+1. The SMILES string of the molecule is O=C(CCCc1nnn[nH]1)NC1CCN(C(=O)OCc2cc(Cl)cc(Cl)c2)CC1.O=[N+]([O-])[O-].O=[N+]([O-])[O-].O=[N+]([O-])[O-].O=[N+]([O-])[O-].O=[N+]([O-])[O-].[Ce+4].[NH4+]. The maximum absolute atomic E-state index is 12.3. The van der Waals surface area contributed by atoms with E-state index in [1.165, 1.54) is 0 Å². The number of aromatic nitrogens is 4. The third-order valence-electron chi connectivity index (χ3n) is 4.61. The summed E-state index contributed by atoms with van der Waals surface area (Å²) in [6.07, 6.45) is 2.70. The van der Waals surface area contributed by atoms with E-state index < -0.39 is 25.4 Å². The topological polar surface area (TPSA) is 481 Å². The minimum Gasteiger partial charge on any atom is -0.445 e. The molecule has 6 N–H and O–H groups in total. The van der Waals surface area contributed by atoms with Crippen molar-refractivity contribution in [1.29, 1.82) is 0 Å². The number of hydrogen-bond acceptors (Lipinski definition) is 21. The Balaban J connectivity index is -0.000000265. The van der Waals surface area contributed by atoms with Gasteiger partial charge in [-0.05, 0) is 53.5 Å². The first-order valence-electron chi connectivity index (χ1n) is 12.1. The molecule has 30 nitrogen and oxygen atoms in total. The van der Waals surface area contributed by atoms with Crippen molar-refractivity contribution >= 4 is 35.2 Å². The smallest absolute Gasteiger partial charge is 0.445 e. The van der Waals surface area contributed by atoms with Gasteiger partial charge in [-0.25, -0.2) is 9.89 Å². The van der Waals surface area contributed by atoms with Crippen molar-refractivity contribution in [2.45, 2.75) is 44.8 Å². The average Bonchev–Trinajstić information content (AvgIpc) is 3.44. The maximum atomic E-state index is 12.3. The van der Waals surface area contributed by atoms with Crippen LogP contribution in [0.4, 0.5) is 4.79 Å². The van der Waals surface area contributed by atoms with Crippen molar-refractivity contribution in [3.05, 3.63) is 116 Å². The average molecular weight is 909 g/mol. The number of ether oxygens (including phenoxy) is 1.